The van der Waals surface area contributed by atoms with Crippen molar-refractivity contribution in [3.8, 4) is 0 Å². The van der Waals surface area contributed by atoms with Crippen LogP contribution in [0.2, 0.25) is 0 Å². The van der Waals surface area contributed by atoms with Gasteiger partial charge < -0.3 is 5.32 Å². The van der Waals surface area contributed by atoms with Crippen LogP contribution in [-0.2, 0) is 13.6 Å². The molecular formula is C12H22ClN3. The predicted octanol–water partition coefficient (Wildman–Crippen LogP) is 2.62. The fraction of sp³-hybridized carbons (Fsp3) is 0.750. The average Bonchev–Trinajstić information content (AvgIpc) is 2.55. The Bertz CT molecular complexity index is 335. The highest BCUT2D eigenvalue weighted by atomic mass is 35.5. The van der Waals surface area contributed by atoms with E-state index in [9.17, 15) is 0 Å². The first-order valence-corrected chi connectivity index (χ1v) is 6.34. The summed E-state index contributed by atoms with van der Waals surface area (Å²) < 4.78 is 1.93. The van der Waals surface area contributed by atoms with Crippen LogP contribution < -0.4 is 5.32 Å². The molecule has 4 heteroatoms. The van der Waals surface area contributed by atoms with Gasteiger partial charge in [-0.25, -0.2) is 0 Å². The summed E-state index contributed by atoms with van der Waals surface area (Å²) in [6.45, 7) is 7.27. The summed E-state index contributed by atoms with van der Waals surface area (Å²) in [4.78, 5) is 0. The van der Waals surface area contributed by atoms with E-state index >= 15 is 0 Å². The van der Waals surface area contributed by atoms with Gasteiger partial charge in [-0.15, -0.1) is 11.6 Å². The van der Waals surface area contributed by atoms with Crippen molar-refractivity contribution in [2.75, 3.05) is 5.88 Å². The molecule has 1 atom stereocenters. The molecule has 0 spiro atoms. The van der Waals surface area contributed by atoms with E-state index in [-0.39, 0.29) is 5.54 Å². The van der Waals surface area contributed by atoms with Crippen LogP contribution in [-0.4, -0.2) is 21.2 Å². The second-order valence-corrected chi connectivity index (χ2v) is 4.99. The van der Waals surface area contributed by atoms with Gasteiger partial charge in [0.15, 0.2) is 0 Å². The van der Waals surface area contributed by atoms with Gasteiger partial charge in [0.1, 0.15) is 0 Å². The van der Waals surface area contributed by atoms with Gasteiger partial charge >= 0.3 is 0 Å². The maximum absolute atomic E-state index is 5.82. The molecule has 1 rings (SSSR count). The molecule has 0 saturated heterocycles. The number of aryl methyl sites for hydroxylation is 2. The molecule has 0 fully saturated rings. The zero-order valence-electron chi connectivity index (χ0n) is 10.7. The van der Waals surface area contributed by atoms with Crippen molar-refractivity contribution in [3.63, 3.8) is 0 Å². The van der Waals surface area contributed by atoms with Crippen molar-refractivity contribution in [2.24, 2.45) is 7.05 Å². The normalized spacial score (nSPS) is 15.1. The molecule has 1 heterocycles. The SMILES string of the molecule is CCC(C)(CCCl)NCc1cc(C)nn1C. The van der Waals surface area contributed by atoms with Gasteiger partial charge in [-0.3, -0.25) is 4.68 Å². The molecule has 0 amide bonds. The third-order valence-electron chi connectivity index (χ3n) is 3.22. The largest absolute Gasteiger partial charge is 0.306 e. The van der Waals surface area contributed by atoms with E-state index < -0.39 is 0 Å². The van der Waals surface area contributed by atoms with E-state index in [2.05, 4.69) is 30.3 Å². The Morgan fingerprint density at radius 3 is 2.69 bits per heavy atom. The Morgan fingerprint density at radius 2 is 2.25 bits per heavy atom. The van der Waals surface area contributed by atoms with Gasteiger partial charge in [-0.1, -0.05) is 6.92 Å². The van der Waals surface area contributed by atoms with E-state index in [1.165, 1.54) is 5.69 Å². The molecule has 3 nitrogen and oxygen atoms in total. The van der Waals surface area contributed by atoms with Gasteiger partial charge in [-0.2, -0.15) is 5.10 Å². The summed E-state index contributed by atoms with van der Waals surface area (Å²) in [5.74, 6) is 0.696. The fourth-order valence-electron chi connectivity index (χ4n) is 1.73. The highest BCUT2D eigenvalue weighted by Crippen LogP contribution is 2.16. The third kappa shape index (κ3) is 3.49. The minimum atomic E-state index is 0.125. The van der Waals surface area contributed by atoms with Crippen LogP contribution in [0, 0.1) is 6.92 Å². The molecule has 1 aromatic heterocycles. The number of nitrogens with zero attached hydrogens (tertiary/aromatic N) is 2. The highest BCUT2D eigenvalue weighted by Gasteiger charge is 2.20. The van der Waals surface area contributed by atoms with Gasteiger partial charge in [0.2, 0.25) is 0 Å². The van der Waals surface area contributed by atoms with Crippen LogP contribution >= 0.6 is 11.6 Å². The van der Waals surface area contributed by atoms with Gasteiger partial charge in [0, 0.05) is 25.0 Å². The zero-order valence-corrected chi connectivity index (χ0v) is 11.4. The van der Waals surface area contributed by atoms with Crippen molar-refractivity contribution in [1.29, 1.82) is 0 Å². The maximum Gasteiger partial charge on any atom is 0.0597 e. The lowest BCUT2D eigenvalue weighted by Crippen LogP contribution is -2.41. The van der Waals surface area contributed by atoms with Crippen molar-refractivity contribution in [2.45, 2.75) is 45.7 Å². The van der Waals surface area contributed by atoms with Crippen molar-refractivity contribution >= 4 is 11.6 Å². The quantitative estimate of drug-likeness (QED) is 0.779. The summed E-state index contributed by atoms with van der Waals surface area (Å²) in [5, 5.41) is 7.91. The van der Waals surface area contributed by atoms with E-state index in [0.717, 1.165) is 25.1 Å². The van der Waals surface area contributed by atoms with Crippen LogP contribution in [0.1, 0.15) is 38.1 Å². The Kier molecular flexibility index (Phi) is 4.81. The van der Waals surface area contributed by atoms with Crippen molar-refractivity contribution < 1.29 is 0 Å². The average molecular weight is 244 g/mol. The van der Waals surface area contributed by atoms with Crippen molar-refractivity contribution in [1.82, 2.24) is 15.1 Å². The third-order valence-corrected chi connectivity index (χ3v) is 3.41. The first-order chi connectivity index (χ1) is 7.50. The molecular weight excluding hydrogens is 222 g/mol. The minimum Gasteiger partial charge on any atom is -0.306 e. The van der Waals surface area contributed by atoms with Crippen LogP contribution in [0.15, 0.2) is 6.07 Å². The molecule has 0 aliphatic rings. The fourth-order valence-corrected chi connectivity index (χ4v) is 2.15. The van der Waals surface area contributed by atoms with Crippen LogP contribution in [0.5, 0.6) is 0 Å². The molecule has 0 aliphatic carbocycles. The second-order valence-electron chi connectivity index (χ2n) is 4.61. The highest BCUT2D eigenvalue weighted by molar-refractivity contribution is 6.17. The molecule has 0 saturated carbocycles. The lowest BCUT2D eigenvalue weighted by molar-refractivity contribution is 0.327. The number of alkyl halides is 1. The molecule has 0 radical (unpaired) electrons. The van der Waals surface area contributed by atoms with E-state index in [4.69, 9.17) is 11.6 Å². The molecule has 16 heavy (non-hydrogen) atoms. The topological polar surface area (TPSA) is 29.9 Å². The first-order valence-electron chi connectivity index (χ1n) is 5.81. The molecule has 0 aliphatic heterocycles. The number of nitrogens with one attached hydrogen (secondary N) is 1. The number of aromatic nitrogens is 2. The summed E-state index contributed by atoms with van der Waals surface area (Å²) in [5.41, 5.74) is 2.40. The number of rotatable bonds is 6. The maximum atomic E-state index is 5.82. The Morgan fingerprint density at radius 1 is 1.56 bits per heavy atom. The van der Waals surface area contributed by atoms with Crippen LogP contribution in [0.3, 0.4) is 0 Å². The number of hydrogen-bond acceptors (Lipinski definition) is 2. The molecule has 1 unspecified atom stereocenters. The van der Waals surface area contributed by atoms with Gasteiger partial charge in [0.25, 0.3) is 0 Å². The summed E-state index contributed by atoms with van der Waals surface area (Å²) in [6, 6.07) is 2.11. The Balaban J connectivity index is 2.59. The minimum absolute atomic E-state index is 0.125. The predicted molar refractivity (Wildman–Crippen MR) is 68.8 cm³/mol. The Labute approximate surface area is 103 Å². The molecule has 92 valence electrons. The van der Waals surface area contributed by atoms with Crippen LogP contribution in [0.4, 0.5) is 0 Å². The van der Waals surface area contributed by atoms with E-state index in [0.29, 0.717) is 5.88 Å². The van der Waals surface area contributed by atoms with E-state index in [1.54, 1.807) is 0 Å². The molecule has 1 aromatic rings. The van der Waals surface area contributed by atoms with Crippen LogP contribution in [0.25, 0.3) is 0 Å². The summed E-state index contributed by atoms with van der Waals surface area (Å²) in [6.07, 6.45) is 2.07. The second kappa shape index (κ2) is 5.69. The summed E-state index contributed by atoms with van der Waals surface area (Å²) in [7, 11) is 1.98. The van der Waals surface area contributed by atoms with Gasteiger partial charge in [-0.05, 0) is 32.8 Å². The van der Waals surface area contributed by atoms with Crippen molar-refractivity contribution in [3.05, 3.63) is 17.5 Å². The van der Waals surface area contributed by atoms with Gasteiger partial charge in [0.05, 0.1) is 11.4 Å². The lowest BCUT2D eigenvalue weighted by atomic mass is 9.95. The lowest BCUT2D eigenvalue weighted by Gasteiger charge is -2.29. The molecule has 0 bridgehead atoms. The number of halogens is 1. The standard InChI is InChI=1S/C12H22ClN3/c1-5-12(3,6-7-13)14-9-11-8-10(2)15-16(11)4/h8,14H,5-7,9H2,1-4H3. The zero-order chi connectivity index (χ0) is 12.2. The first kappa shape index (κ1) is 13.5. The molecule has 1 N–H and O–H groups in total. The smallest absolute Gasteiger partial charge is 0.0597 e. The Hall–Kier alpha value is -0.540. The van der Waals surface area contributed by atoms with E-state index in [1.807, 2.05) is 18.7 Å². The molecule has 0 aromatic carbocycles. The monoisotopic (exact) mass is 243 g/mol. The number of hydrogen-bond donors (Lipinski definition) is 1. The summed E-state index contributed by atoms with van der Waals surface area (Å²) >= 11 is 5.82.